The van der Waals surface area contributed by atoms with Gasteiger partial charge in [-0.25, -0.2) is 9.98 Å². The first kappa shape index (κ1) is 34.6. The molecule has 1 heterocycles. The second kappa shape index (κ2) is 16.4. The molecule has 0 unspecified atom stereocenters. The van der Waals surface area contributed by atoms with Gasteiger partial charge in [-0.05, 0) is 107 Å². The van der Waals surface area contributed by atoms with Crippen molar-refractivity contribution < 1.29 is 0 Å². The van der Waals surface area contributed by atoms with Crippen molar-refractivity contribution in [2.45, 2.75) is 34.2 Å². The van der Waals surface area contributed by atoms with E-state index in [1.165, 1.54) is 21.9 Å². The van der Waals surface area contributed by atoms with Crippen LogP contribution in [0.2, 0.25) is 0 Å². The Kier molecular flexibility index (Phi) is 11.1. The largest absolute Gasteiger partial charge is 0.261 e. The monoisotopic (exact) mass is 662 g/mol. The van der Waals surface area contributed by atoms with Crippen molar-refractivity contribution in [1.82, 2.24) is 4.98 Å². The quantitative estimate of drug-likeness (QED) is 0.124. The van der Waals surface area contributed by atoms with E-state index in [2.05, 4.69) is 122 Å². The summed E-state index contributed by atoms with van der Waals surface area (Å²) in [6.45, 7) is 12.7. The van der Waals surface area contributed by atoms with Crippen molar-refractivity contribution in [3.05, 3.63) is 180 Å². The van der Waals surface area contributed by atoms with Crippen LogP contribution in [0.1, 0.15) is 48.6 Å². The van der Waals surface area contributed by atoms with Gasteiger partial charge in [-0.2, -0.15) is 0 Å². The van der Waals surface area contributed by atoms with Gasteiger partial charge in [-0.1, -0.05) is 129 Å². The molecular weight excluding hydrogens is 621 g/mol. The number of benzene rings is 6. The maximum absolute atomic E-state index is 5.09. The lowest BCUT2D eigenvalue weighted by Crippen LogP contribution is -2.06. The third kappa shape index (κ3) is 7.82. The summed E-state index contributed by atoms with van der Waals surface area (Å²) >= 11 is 0. The van der Waals surface area contributed by atoms with Crippen LogP contribution < -0.4 is 0 Å². The van der Waals surface area contributed by atoms with Crippen LogP contribution in [-0.2, 0) is 6.54 Å². The highest BCUT2D eigenvalue weighted by molar-refractivity contribution is 6.13. The molecule has 0 N–H and O–H groups in total. The molecule has 4 heteroatoms. The van der Waals surface area contributed by atoms with Crippen molar-refractivity contribution in [3.63, 3.8) is 0 Å². The van der Waals surface area contributed by atoms with E-state index in [1.54, 1.807) is 0 Å². The highest BCUT2D eigenvalue weighted by Crippen LogP contribution is 2.35. The third-order valence-corrected chi connectivity index (χ3v) is 8.75. The van der Waals surface area contributed by atoms with Gasteiger partial charge in [0.25, 0.3) is 0 Å². The SMILES string of the molecule is C=NC(=NC(=NCc1ccccc1)c1ccccc1)c1cc(-c2ccc3c(/C=C\C)c(C)ccc3c2)cc(-c2ccnc3ccccc23)c1.CC. The standard InChI is InChI=1S/C45H36N4.C2H6/c1-4-13-39-31(2)20-21-35-26-34(22-23-40(35)39)36-27-37(41-24-25-47-43-19-12-11-18-42(41)43)29-38(28-36)44(46-3)49-45(33-16-9-6-10-17-33)48-30-32-14-7-5-8-15-32;1-2/h4-29H,3,30H2,1-2H3;1-2H3/b13-4-,48-45?,49-44?;. The number of pyridine rings is 1. The average molecular weight is 663 g/mol. The molecule has 0 saturated carbocycles. The van der Waals surface area contributed by atoms with Crippen LogP contribution in [0.25, 0.3) is 50.0 Å². The normalized spacial score (nSPS) is 11.8. The maximum atomic E-state index is 5.09. The van der Waals surface area contributed by atoms with E-state index < -0.39 is 0 Å². The number of allylic oxidation sites excluding steroid dienone is 1. The zero-order chi connectivity index (χ0) is 35.6. The smallest absolute Gasteiger partial charge is 0.161 e. The van der Waals surface area contributed by atoms with Gasteiger partial charge in [0.1, 0.15) is 0 Å². The number of hydrogen-bond donors (Lipinski definition) is 0. The van der Waals surface area contributed by atoms with Crippen LogP contribution in [0, 0.1) is 6.92 Å². The van der Waals surface area contributed by atoms with Crippen LogP contribution >= 0.6 is 0 Å². The Morgan fingerprint density at radius 2 is 1.39 bits per heavy atom. The van der Waals surface area contributed by atoms with Crippen molar-refractivity contribution >= 4 is 46.1 Å². The van der Waals surface area contributed by atoms with E-state index in [-0.39, 0.29) is 0 Å². The first-order valence-corrected chi connectivity index (χ1v) is 17.5. The molecule has 7 aromatic rings. The van der Waals surface area contributed by atoms with Crippen molar-refractivity contribution in [2.75, 3.05) is 0 Å². The Balaban J connectivity index is 0.00000220. The third-order valence-electron chi connectivity index (χ3n) is 8.75. The molecule has 0 aliphatic heterocycles. The van der Waals surface area contributed by atoms with E-state index in [4.69, 9.17) is 9.98 Å². The van der Waals surface area contributed by atoms with Crippen molar-refractivity contribution in [1.29, 1.82) is 0 Å². The van der Waals surface area contributed by atoms with Crippen LogP contribution in [0.15, 0.2) is 167 Å². The van der Waals surface area contributed by atoms with Gasteiger partial charge in [0.2, 0.25) is 0 Å². The summed E-state index contributed by atoms with van der Waals surface area (Å²) in [5.74, 6) is 1.11. The Morgan fingerprint density at radius 1 is 0.667 bits per heavy atom. The zero-order valence-corrected chi connectivity index (χ0v) is 29.7. The summed E-state index contributed by atoms with van der Waals surface area (Å²) in [6, 6.07) is 48.2. The lowest BCUT2D eigenvalue weighted by atomic mass is 9.92. The lowest BCUT2D eigenvalue weighted by molar-refractivity contribution is 1.06. The second-order valence-electron chi connectivity index (χ2n) is 12.0. The summed E-state index contributed by atoms with van der Waals surface area (Å²) in [7, 11) is 0. The summed E-state index contributed by atoms with van der Waals surface area (Å²) in [5, 5.41) is 3.50. The molecule has 0 aliphatic carbocycles. The molecule has 7 rings (SSSR count). The molecule has 6 aromatic carbocycles. The van der Waals surface area contributed by atoms with Crippen molar-refractivity contribution in [3.8, 4) is 22.3 Å². The number of rotatable bonds is 7. The van der Waals surface area contributed by atoms with Crippen LogP contribution in [0.4, 0.5) is 0 Å². The number of amidine groups is 2. The minimum Gasteiger partial charge on any atom is -0.261 e. The molecule has 0 spiro atoms. The molecule has 51 heavy (non-hydrogen) atoms. The summed E-state index contributed by atoms with van der Waals surface area (Å²) < 4.78 is 0. The Bertz CT molecular complexity index is 2380. The molecule has 4 nitrogen and oxygen atoms in total. The number of aromatic nitrogens is 1. The van der Waals surface area contributed by atoms with Gasteiger partial charge in [0, 0.05) is 22.7 Å². The molecule has 0 saturated heterocycles. The van der Waals surface area contributed by atoms with Gasteiger partial charge < -0.3 is 0 Å². The fraction of sp³-hybridized carbons (Fsp3) is 0.106. The van der Waals surface area contributed by atoms with E-state index in [0.717, 1.165) is 49.8 Å². The number of fused-ring (bicyclic) bond motifs is 2. The van der Waals surface area contributed by atoms with Gasteiger partial charge >= 0.3 is 0 Å². The van der Waals surface area contributed by atoms with Gasteiger partial charge in [0.15, 0.2) is 11.7 Å². The highest BCUT2D eigenvalue weighted by Gasteiger charge is 2.14. The van der Waals surface area contributed by atoms with Crippen LogP contribution in [0.5, 0.6) is 0 Å². The molecule has 1 aromatic heterocycles. The topological polar surface area (TPSA) is 50.0 Å². The first-order valence-electron chi connectivity index (χ1n) is 17.5. The predicted octanol–water partition coefficient (Wildman–Crippen LogP) is 12.2. The minimum absolute atomic E-state index is 0.499. The number of aryl methyl sites for hydroxylation is 1. The number of aliphatic imine (C=N–C) groups is 3. The van der Waals surface area contributed by atoms with Crippen LogP contribution in [-0.4, -0.2) is 23.4 Å². The number of para-hydroxylation sites is 1. The average Bonchev–Trinajstić information content (AvgIpc) is 3.20. The van der Waals surface area contributed by atoms with Gasteiger partial charge in [0.05, 0.1) is 12.1 Å². The van der Waals surface area contributed by atoms with E-state index in [9.17, 15) is 0 Å². The highest BCUT2D eigenvalue weighted by atomic mass is 15.0. The predicted molar refractivity (Wildman–Crippen MR) is 220 cm³/mol. The fourth-order valence-corrected chi connectivity index (χ4v) is 6.28. The molecule has 0 radical (unpaired) electrons. The summed E-state index contributed by atoms with van der Waals surface area (Å²) in [6.07, 6.45) is 6.16. The Labute approximate surface area is 301 Å². The Morgan fingerprint density at radius 3 is 2.16 bits per heavy atom. The molecule has 0 aliphatic rings. The molecular formula is C47H42N4. The summed E-state index contributed by atoms with van der Waals surface area (Å²) in [5.41, 5.74) is 10.6. The zero-order valence-electron chi connectivity index (χ0n) is 29.7. The molecule has 0 fully saturated rings. The molecule has 0 atom stereocenters. The van der Waals surface area contributed by atoms with Gasteiger partial charge in [-0.15, -0.1) is 0 Å². The lowest BCUT2D eigenvalue weighted by Gasteiger charge is -2.14. The van der Waals surface area contributed by atoms with Crippen molar-refractivity contribution in [2.24, 2.45) is 15.0 Å². The Hall–Kier alpha value is -6.26. The van der Waals surface area contributed by atoms with E-state index in [0.29, 0.717) is 18.2 Å². The van der Waals surface area contributed by atoms with E-state index >= 15 is 0 Å². The minimum atomic E-state index is 0.499. The number of hydrogen-bond acceptors (Lipinski definition) is 2. The first-order chi connectivity index (χ1) is 25.1. The fourth-order valence-electron chi connectivity index (χ4n) is 6.28. The number of nitrogens with zero attached hydrogens (tertiary/aromatic N) is 4. The molecule has 250 valence electrons. The van der Waals surface area contributed by atoms with Gasteiger partial charge in [-0.3, -0.25) is 9.98 Å². The maximum Gasteiger partial charge on any atom is 0.161 e. The molecule has 0 amide bonds. The molecule has 0 bridgehead atoms. The summed E-state index contributed by atoms with van der Waals surface area (Å²) in [4.78, 5) is 19.2. The van der Waals surface area contributed by atoms with Crippen LogP contribution in [0.3, 0.4) is 0 Å². The second-order valence-corrected chi connectivity index (χ2v) is 12.0. The van der Waals surface area contributed by atoms with E-state index in [1.807, 2.05) is 80.7 Å².